The van der Waals surface area contributed by atoms with Crippen LogP contribution < -0.4 is 47.4 Å². The molecule has 1 heterocycles. The van der Waals surface area contributed by atoms with Gasteiger partial charge in [0.05, 0.1) is 107 Å². The molecule has 0 saturated heterocycles. The summed E-state index contributed by atoms with van der Waals surface area (Å²) < 4.78 is 71.9. The molecule has 0 amide bonds. The SMILES string of the molecule is COC(=O)c1c(-c2ccc(OC)c(OC)c2)c2c(c3cc(OC)c(OC)cc13)c1c3cc(OC)c(OC)cc3c(C(=O)OC)c(-c3ccc(OC)c(OC)c3)c1n2CCc1ccc(OC)c(OC)c1. The number of carbonyl (C=O) groups excluding carboxylic acids is 2. The molecule has 0 aliphatic rings. The van der Waals surface area contributed by atoms with Gasteiger partial charge in [0.1, 0.15) is 0 Å². The van der Waals surface area contributed by atoms with E-state index in [1.165, 1.54) is 28.4 Å². The second-order valence-corrected chi connectivity index (χ2v) is 15.7. The maximum Gasteiger partial charge on any atom is 0.339 e. The number of aryl methyl sites for hydroxylation is 2. The summed E-state index contributed by atoms with van der Waals surface area (Å²) in [5, 5.41) is 3.61. The van der Waals surface area contributed by atoms with Crippen LogP contribution in [0.5, 0.6) is 57.5 Å². The number of benzene rings is 7. The number of carbonyl (C=O) groups is 2. The largest absolute Gasteiger partial charge is 0.493 e. The van der Waals surface area contributed by atoms with Crippen molar-refractivity contribution in [2.24, 2.45) is 0 Å². The maximum absolute atomic E-state index is 14.8. The van der Waals surface area contributed by atoms with Gasteiger partial charge in [-0.05, 0) is 94.5 Å². The number of nitrogens with zero attached hydrogens (tertiary/aromatic N) is 1. The molecule has 0 fully saturated rings. The van der Waals surface area contributed by atoms with Crippen LogP contribution in [0.25, 0.3) is 65.6 Å². The third kappa shape index (κ3) is 7.82. The Morgan fingerprint density at radius 2 is 0.696 bits per heavy atom. The number of methoxy groups -OCH3 is 12. The zero-order chi connectivity index (χ0) is 49.3. The minimum atomic E-state index is -0.623. The van der Waals surface area contributed by atoms with Gasteiger partial charge in [0, 0.05) is 39.2 Å². The van der Waals surface area contributed by atoms with Crippen molar-refractivity contribution in [1.29, 1.82) is 0 Å². The average molecular weight is 940 g/mol. The fourth-order valence-corrected chi connectivity index (χ4v) is 9.43. The fourth-order valence-electron chi connectivity index (χ4n) is 9.43. The van der Waals surface area contributed by atoms with E-state index in [0.717, 1.165) is 5.56 Å². The standard InChI is InChI=1S/C54H53NO14/c1-58-35-16-13-28(21-38(35)61-4)19-20-55-51-45(29-14-17-36(59-2)39(22-29)62-5)49(53(56)68-11)33-26-43(66-9)41(64-7)24-31(33)47(51)48-32-25-42(65-8)44(67-10)27-34(32)50(54(57)69-12)46(52(48)55)30-15-18-37(60-3)40(23-30)63-6/h13-18,21-27H,19-20H2,1-12H3. The van der Waals surface area contributed by atoms with Crippen LogP contribution in [0.4, 0.5) is 0 Å². The molecule has 358 valence electrons. The van der Waals surface area contributed by atoms with Gasteiger partial charge >= 0.3 is 11.9 Å². The molecule has 69 heavy (non-hydrogen) atoms. The molecule has 0 saturated carbocycles. The number of rotatable bonds is 17. The number of esters is 2. The van der Waals surface area contributed by atoms with Crippen molar-refractivity contribution < 1.29 is 66.4 Å². The van der Waals surface area contributed by atoms with Crippen LogP contribution in [0.15, 0.2) is 78.9 Å². The summed E-state index contributed by atoms with van der Waals surface area (Å²) in [5.74, 6) is 3.22. The predicted molar refractivity (Wildman–Crippen MR) is 264 cm³/mol. The first kappa shape index (κ1) is 47.3. The van der Waals surface area contributed by atoms with Gasteiger partial charge in [-0.25, -0.2) is 9.59 Å². The monoisotopic (exact) mass is 939 g/mol. The Kier molecular flexibility index (Phi) is 13.4. The summed E-state index contributed by atoms with van der Waals surface area (Å²) in [7, 11) is 18.2. The molecule has 15 heteroatoms. The summed E-state index contributed by atoms with van der Waals surface area (Å²) >= 11 is 0. The van der Waals surface area contributed by atoms with Crippen LogP contribution in [0.1, 0.15) is 26.3 Å². The second-order valence-electron chi connectivity index (χ2n) is 15.7. The van der Waals surface area contributed by atoms with Gasteiger partial charge in [-0.3, -0.25) is 0 Å². The van der Waals surface area contributed by atoms with E-state index in [-0.39, 0.29) is 17.7 Å². The molecule has 0 bridgehead atoms. The molecule has 0 atom stereocenters. The van der Waals surface area contributed by atoms with Crippen LogP contribution in [0.2, 0.25) is 0 Å². The van der Waals surface area contributed by atoms with E-state index in [1.54, 1.807) is 81.1 Å². The first-order chi connectivity index (χ1) is 33.5. The van der Waals surface area contributed by atoms with E-state index >= 15 is 0 Å². The highest BCUT2D eigenvalue weighted by atomic mass is 16.5. The Hall–Kier alpha value is -8.20. The van der Waals surface area contributed by atoms with E-state index in [2.05, 4.69) is 4.57 Å². The Balaban J connectivity index is 1.76. The van der Waals surface area contributed by atoms with Crippen LogP contribution in [0.3, 0.4) is 0 Å². The average Bonchev–Trinajstić information content (AvgIpc) is 3.74. The van der Waals surface area contributed by atoms with Crippen molar-refractivity contribution >= 4 is 55.3 Å². The molecule has 0 N–H and O–H groups in total. The lowest BCUT2D eigenvalue weighted by molar-refractivity contribution is 0.0595. The minimum Gasteiger partial charge on any atom is -0.493 e. The van der Waals surface area contributed by atoms with Crippen molar-refractivity contribution in [3.05, 3.63) is 95.6 Å². The van der Waals surface area contributed by atoms with Crippen molar-refractivity contribution in [2.45, 2.75) is 13.0 Å². The van der Waals surface area contributed by atoms with Gasteiger partial charge < -0.3 is 61.4 Å². The van der Waals surface area contributed by atoms with Gasteiger partial charge in [-0.2, -0.15) is 0 Å². The molecule has 0 aliphatic carbocycles. The maximum atomic E-state index is 14.8. The highest BCUT2D eigenvalue weighted by Gasteiger charge is 2.34. The molecule has 15 nitrogen and oxygen atoms in total. The Morgan fingerprint density at radius 3 is 1.04 bits per heavy atom. The van der Waals surface area contributed by atoms with Gasteiger partial charge in [0.25, 0.3) is 0 Å². The van der Waals surface area contributed by atoms with Crippen molar-refractivity contribution in [2.75, 3.05) is 85.3 Å². The fraction of sp³-hybridized carbons (Fsp3) is 0.259. The van der Waals surface area contributed by atoms with Gasteiger partial charge in [0.15, 0.2) is 57.5 Å². The summed E-state index contributed by atoms with van der Waals surface area (Å²) in [4.78, 5) is 29.6. The zero-order valence-corrected chi connectivity index (χ0v) is 40.6. The van der Waals surface area contributed by atoms with E-state index < -0.39 is 11.9 Å². The number of fused-ring (bicyclic) bond motifs is 7. The van der Waals surface area contributed by atoms with E-state index in [4.69, 9.17) is 56.8 Å². The molecule has 8 rings (SSSR count). The highest BCUT2D eigenvalue weighted by Crippen LogP contribution is 2.54. The van der Waals surface area contributed by atoms with E-state index in [0.29, 0.717) is 130 Å². The Labute approximate surface area is 398 Å². The molecular formula is C54H53NO14. The molecule has 0 radical (unpaired) electrons. The lowest BCUT2D eigenvalue weighted by atomic mass is 9.87. The molecule has 0 spiro atoms. The third-order valence-electron chi connectivity index (χ3n) is 12.6. The topological polar surface area (TPSA) is 150 Å². The molecule has 7 aromatic carbocycles. The highest BCUT2D eigenvalue weighted by molar-refractivity contribution is 6.37. The van der Waals surface area contributed by atoms with Gasteiger partial charge in [-0.15, -0.1) is 0 Å². The normalized spacial score (nSPS) is 11.1. The zero-order valence-electron chi connectivity index (χ0n) is 40.6. The quantitative estimate of drug-likeness (QED) is 0.0797. The lowest BCUT2D eigenvalue weighted by Gasteiger charge is -2.20. The van der Waals surface area contributed by atoms with Crippen molar-refractivity contribution in [3.8, 4) is 79.7 Å². The second kappa shape index (κ2) is 19.6. The van der Waals surface area contributed by atoms with E-state index in [1.807, 2.05) is 54.6 Å². The van der Waals surface area contributed by atoms with Crippen LogP contribution in [0, 0.1) is 0 Å². The van der Waals surface area contributed by atoms with Gasteiger partial charge in [-0.1, -0.05) is 18.2 Å². The van der Waals surface area contributed by atoms with Crippen LogP contribution >= 0.6 is 0 Å². The minimum absolute atomic E-state index is 0.229. The Bertz CT molecular complexity index is 3130. The third-order valence-corrected chi connectivity index (χ3v) is 12.6. The summed E-state index contributed by atoms with van der Waals surface area (Å²) in [5.41, 5.74) is 4.75. The lowest BCUT2D eigenvalue weighted by Crippen LogP contribution is -2.10. The first-order valence-corrected chi connectivity index (χ1v) is 21.6. The summed E-state index contributed by atoms with van der Waals surface area (Å²) in [6.07, 6.45) is 0.422. The summed E-state index contributed by atoms with van der Waals surface area (Å²) in [6.45, 7) is 0.273. The van der Waals surface area contributed by atoms with E-state index in [9.17, 15) is 9.59 Å². The number of ether oxygens (including phenoxy) is 12. The molecule has 8 aromatic rings. The number of aromatic nitrogens is 1. The van der Waals surface area contributed by atoms with Gasteiger partial charge in [0.2, 0.25) is 0 Å². The molecule has 0 unspecified atom stereocenters. The summed E-state index contributed by atoms with van der Waals surface area (Å²) in [6, 6.07) is 24.0. The van der Waals surface area contributed by atoms with Crippen LogP contribution in [-0.4, -0.2) is 102 Å². The van der Waals surface area contributed by atoms with Crippen molar-refractivity contribution in [1.82, 2.24) is 4.57 Å². The smallest absolute Gasteiger partial charge is 0.339 e. The molecular weight excluding hydrogens is 887 g/mol. The van der Waals surface area contributed by atoms with Crippen molar-refractivity contribution in [3.63, 3.8) is 0 Å². The predicted octanol–water partition coefficient (Wildman–Crippen LogP) is 10.3. The van der Waals surface area contributed by atoms with Crippen LogP contribution in [-0.2, 0) is 22.4 Å². The number of hydrogen-bond donors (Lipinski definition) is 0. The first-order valence-electron chi connectivity index (χ1n) is 21.6. The Morgan fingerprint density at radius 1 is 0.377 bits per heavy atom. The molecule has 1 aromatic heterocycles. The number of hydrogen-bond acceptors (Lipinski definition) is 14. The molecule has 0 aliphatic heterocycles.